The highest BCUT2D eigenvalue weighted by Gasteiger charge is 2.40. The summed E-state index contributed by atoms with van der Waals surface area (Å²) in [4.78, 5) is 39.2. The van der Waals surface area contributed by atoms with Gasteiger partial charge < -0.3 is 97.1 Å². The molecule has 2 heterocycles. The molecule has 0 unspecified atom stereocenters. The van der Waals surface area contributed by atoms with Crippen LogP contribution in [0.3, 0.4) is 0 Å². The highest BCUT2D eigenvalue weighted by molar-refractivity contribution is 9.09. The number of aryl methyl sites for hydroxylation is 4. The number of amides is 1. The summed E-state index contributed by atoms with van der Waals surface area (Å²) >= 11 is 6.50. The topological polar surface area (TPSA) is 348 Å². The Morgan fingerprint density at radius 2 is 0.902 bits per heavy atom. The second-order valence-corrected chi connectivity index (χ2v) is 25.8. The van der Waals surface area contributed by atoms with Gasteiger partial charge >= 0.3 is 5.97 Å². The molecule has 6 aromatic rings. The number of aliphatic hydroxyl groups is 5. The number of methoxy groups -OCH3 is 12. The number of alkyl halides is 2. The Kier molecular flexibility index (Phi) is 59.2. The highest BCUT2D eigenvalue weighted by atomic mass is 79.9. The summed E-state index contributed by atoms with van der Waals surface area (Å²) in [6.07, 6.45) is 12.0. The van der Waals surface area contributed by atoms with E-state index in [0.717, 1.165) is 114 Å². The average molecular weight is 1720 g/mol. The quantitative estimate of drug-likeness (QED) is 0.00416. The summed E-state index contributed by atoms with van der Waals surface area (Å²) in [6.45, 7) is 13.6. The minimum atomic E-state index is -1.02. The number of carbonyl (C=O) groups is 3. The Hall–Kier alpha value is -8.61. The molecule has 0 spiro atoms. The lowest BCUT2D eigenvalue weighted by atomic mass is 9.84. The highest BCUT2D eigenvalue weighted by Crippen LogP contribution is 2.34. The Labute approximate surface area is 686 Å². The fraction of sp³-hybridized carbons (Fsp3) is 0.482. The van der Waals surface area contributed by atoms with Gasteiger partial charge in [0.25, 0.3) is 5.91 Å². The molecule has 2 aliphatic heterocycles. The maximum Gasteiger partial charge on any atom is 0.326 e. The van der Waals surface area contributed by atoms with Crippen molar-refractivity contribution in [3.8, 4) is 69.0 Å². The van der Waals surface area contributed by atoms with Gasteiger partial charge in [-0.05, 0) is 189 Å². The number of ketones is 1. The number of aliphatic hydroxyl groups excluding tert-OH is 5. The van der Waals surface area contributed by atoms with Crippen LogP contribution in [0.25, 0.3) is 10.4 Å². The van der Waals surface area contributed by atoms with Gasteiger partial charge in [0.2, 0.25) is 5.78 Å². The van der Waals surface area contributed by atoms with Crippen molar-refractivity contribution in [2.45, 2.75) is 134 Å². The molecular formula is C83H122Br2N4O22S. The molecule has 2 fully saturated rings. The third kappa shape index (κ3) is 40.7. The number of carboxylic acid groups (broad SMARTS) is 1. The Morgan fingerprint density at radius 3 is 1.21 bits per heavy atom. The van der Waals surface area contributed by atoms with Crippen LogP contribution in [0.5, 0.6) is 69.0 Å². The number of aliphatic carboxylic acids is 1. The van der Waals surface area contributed by atoms with Crippen molar-refractivity contribution in [3.63, 3.8) is 0 Å². The molecule has 26 nitrogen and oxygen atoms in total. The van der Waals surface area contributed by atoms with Crippen LogP contribution in [0.15, 0.2) is 140 Å². The van der Waals surface area contributed by atoms with Gasteiger partial charge in [0.05, 0.1) is 130 Å². The largest absolute Gasteiger partial charge is 0.493 e. The Morgan fingerprint density at radius 1 is 0.562 bits per heavy atom. The molecule has 1 amide bonds. The number of hydrogen-bond acceptors (Lipinski definition) is 22. The monoisotopic (exact) mass is 1720 g/mol. The molecule has 29 heteroatoms. The van der Waals surface area contributed by atoms with Crippen LogP contribution in [0.4, 0.5) is 0 Å². The first kappa shape index (κ1) is 105. The number of likely N-dealkylation sites (tertiary alicyclic amines) is 1. The van der Waals surface area contributed by atoms with Gasteiger partial charge in [-0.3, -0.25) is 9.59 Å². The van der Waals surface area contributed by atoms with Crippen LogP contribution in [0.1, 0.15) is 106 Å². The number of azide groups is 1. The average Bonchev–Trinajstić information content (AvgIpc) is 1.34. The zero-order chi connectivity index (χ0) is 83.7. The van der Waals surface area contributed by atoms with Crippen molar-refractivity contribution >= 4 is 63.0 Å². The molecular weight excluding hydrogens is 1600 g/mol. The minimum absolute atomic E-state index is 0. The lowest BCUT2D eigenvalue weighted by Crippen LogP contribution is -2.52. The number of hydrogen-bond donors (Lipinski definition) is 6. The van der Waals surface area contributed by atoms with E-state index in [9.17, 15) is 24.6 Å². The van der Waals surface area contributed by atoms with Crippen LogP contribution < -0.4 is 56.8 Å². The van der Waals surface area contributed by atoms with Gasteiger partial charge in [-0.2, -0.15) is 13.5 Å². The van der Waals surface area contributed by atoms with Crippen LogP contribution in [0.2, 0.25) is 0 Å². The summed E-state index contributed by atoms with van der Waals surface area (Å²) < 4.78 is 66.9. The second kappa shape index (κ2) is 62.9. The van der Waals surface area contributed by atoms with Gasteiger partial charge in [0.15, 0.2) is 69.0 Å². The SMILES string of the molecule is C=CCBr.C=CCCc1ccc(OC)c(OC)c1.CCC(C)(C)C(=O)C(=O)N1CCCC[C@H]1C(=O)O.CO.COc1ccc(CBr)cc1OC.COc1ccc(CC[C@@H](O)CN=[N+]=[N-])cc1OC.COc1ccc(CC[C@@H](O)CO)cc1OC.COc1ccc(CC[C@@H]2CO2)cc1OC.COc1ccc(CO)cc1OC.S. The summed E-state index contributed by atoms with van der Waals surface area (Å²) in [6, 6.07) is 33.6. The fourth-order valence-corrected chi connectivity index (χ4v) is 10.3. The number of piperidine rings is 1. The number of rotatable bonds is 34. The van der Waals surface area contributed by atoms with Crippen molar-refractivity contribution in [1.29, 1.82) is 0 Å². The third-order valence-corrected chi connectivity index (χ3v) is 17.9. The van der Waals surface area contributed by atoms with Gasteiger partial charge in [0.1, 0.15) is 6.04 Å². The summed E-state index contributed by atoms with van der Waals surface area (Å²) in [7, 11) is 20.4. The number of allylic oxidation sites excluding steroid dienone is 2. The van der Waals surface area contributed by atoms with Crippen molar-refractivity contribution < 1.29 is 107 Å². The third-order valence-electron chi connectivity index (χ3n) is 16.8. The Bertz CT molecular complexity index is 3600. The van der Waals surface area contributed by atoms with Crippen molar-refractivity contribution in [2.24, 2.45) is 10.5 Å². The minimum Gasteiger partial charge on any atom is -0.493 e. The second-order valence-electron chi connectivity index (χ2n) is 24.6. The van der Waals surface area contributed by atoms with Crippen molar-refractivity contribution in [2.75, 3.05) is 124 Å². The maximum atomic E-state index is 12.1. The van der Waals surface area contributed by atoms with Crippen molar-refractivity contribution in [1.82, 2.24) is 4.90 Å². The van der Waals surface area contributed by atoms with E-state index in [1.54, 1.807) is 123 Å². The van der Waals surface area contributed by atoms with Crippen LogP contribution in [0, 0.1) is 5.41 Å². The van der Waals surface area contributed by atoms with E-state index in [4.69, 9.17) is 87.5 Å². The van der Waals surface area contributed by atoms with E-state index in [-0.39, 0.29) is 33.3 Å². The number of nitrogens with zero attached hydrogens (tertiary/aromatic N) is 4. The molecule has 6 aromatic carbocycles. The van der Waals surface area contributed by atoms with Crippen LogP contribution in [-0.2, 0) is 56.7 Å². The molecule has 8 rings (SSSR count). The zero-order valence-electron chi connectivity index (χ0n) is 68.0. The molecule has 0 aliphatic carbocycles. The maximum absolute atomic E-state index is 12.1. The molecule has 2 saturated heterocycles. The number of ether oxygens (including phenoxy) is 13. The van der Waals surface area contributed by atoms with Gasteiger partial charge in [-0.15, -0.1) is 13.2 Å². The molecule has 4 atom stereocenters. The molecule has 112 heavy (non-hydrogen) atoms. The van der Waals surface area contributed by atoms with E-state index in [1.807, 2.05) is 97.9 Å². The number of epoxide rings is 1. The molecule has 0 radical (unpaired) electrons. The zero-order valence-corrected chi connectivity index (χ0v) is 72.1. The van der Waals surface area contributed by atoms with Crippen molar-refractivity contribution in [3.05, 3.63) is 178 Å². The molecule has 0 aromatic heterocycles. The lowest BCUT2D eigenvalue weighted by Gasteiger charge is -2.34. The van der Waals surface area contributed by atoms with Gasteiger partial charge in [0, 0.05) is 34.6 Å². The summed E-state index contributed by atoms with van der Waals surface area (Å²) in [5.41, 5.74) is 14.0. The van der Waals surface area contributed by atoms with Gasteiger partial charge in [-0.25, -0.2) is 4.79 Å². The Balaban J connectivity index is 0. The van der Waals surface area contributed by atoms with Crippen LogP contribution >= 0.6 is 45.4 Å². The molecule has 2 aliphatic rings. The molecule has 0 saturated carbocycles. The first-order chi connectivity index (χ1) is 53.4. The normalized spacial score (nSPS) is 12.9. The number of Topliss-reactive ketones (excluding diaryl/α,β-unsaturated/α-hetero) is 1. The predicted molar refractivity (Wildman–Crippen MR) is 451 cm³/mol. The van der Waals surface area contributed by atoms with E-state index in [2.05, 4.69) is 61.1 Å². The first-order valence-corrected chi connectivity index (χ1v) is 38.0. The standard InChI is InChI=1S/C13H21NO4.C12H17N3O3.C12H18O4.C12H16O3.C12H16O2.C9H11BrO2.C9H12O3.C3H5Br.CH4O.H2S/c1-4-13(2,3)10(15)11(16)14-8-6-5-7-9(14)12(17)18;1-17-11-6-4-9(7-12(11)18-2)3-5-10(16)8-14-15-13;1-15-11-6-4-9(7-12(11)16-2)3-5-10(14)8-13;1-13-11-6-4-9(7-12(11)14-2)3-5-10-8-15-10;1-4-5-6-10-7-8-11(13-2)12(9-10)14-3;2*1-11-8-4-3-7(6-10)5-9(8)12-2;1-2-3-4;1-2;/h9H,4-8H2,1-3H3,(H,17,18);4,6-7,10,16H,3,5,8H2,1-2H3;4,6-7,10,13-14H,3,5,8H2,1-2H3;4,6-7,10H,3,5,8H2,1-2H3;4,7-9H,1,5-6H2,2-3H3;3-5H,6H2,1-2H3;3-5,10H,6H2,1-2H3;2H,1,3H2;2H,1H3;1H2/t9-;3*10-;;;;;;/m0111....../s1. The van der Waals surface area contributed by atoms with Crippen LogP contribution in [-0.4, -0.2) is 202 Å². The van der Waals surface area contributed by atoms with Gasteiger partial charge in [-0.1, -0.05) is 106 Å². The fourth-order valence-electron chi connectivity index (χ4n) is 9.91. The summed E-state index contributed by atoms with van der Waals surface area (Å²) in [5.74, 6) is 6.55. The first-order valence-electron chi connectivity index (χ1n) is 35.7. The molecule has 6 N–H and O–H groups in total. The predicted octanol–water partition coefficient (Wildman–Crippen LogP) is 14.7. The number of halogens is 2. The van der Waals surface area contributed by atoms with E-state index >= 15 is 0 Å². The van der Waals surface area contributed by atoms with E-state index in [0.29, 0.717) is 85.7 Å². The van der Waals surface area contributed by atoms with E-state index < -0.39 is 41.3 Å². The molecule has 626 valence electrons. The lowest BCUT2D eigenvalue weighted by molar-refractivity contribution is -0.158. The van der Waals surface area contributed by atoms with E-state index in [1.165, 1.54) is 21.6 Å². The molecule has 0 bridgehead atoms. The number of benzene rings is 6. The number of carbonyl (C=O) groups excluding carboxylic acids is 2. The smallest absolute Gasteiger partial charge is 0.326 e. The summed E-state index contributed by atoms with van der Waals surface area (Å²) in [5, 5.41) is 57.5. The number of carboxylic acids is 1.